The van der Waals surface area contributed by atoms with Crippen LogP contribution in [0.25, 0.3) is 10.9 Å². The molecule has 1 aromatic heterocycles. The molecule has 0 aliphatic heterocycles. The Morgan fingerprint density at radius 2 is 1.30 bits per heavy atom. The van der Waals surface area contributed by atoms with Gasteiger partial charge in [0.2, 0.25) is 11.8 Å². The maximum atomic E-state index is 14.8. The number of nitrogens with zero attached hydrogens (tertiary/aromatic N) is 2. The van der Waals surface area contributed by atoms with Crippen LogP contribution in [0.3, 0.4) is 0 Å². The van der Waals surface area contributed by atoms with Crippen molar-refractivity contribution in [2.24, 2.45) is 5.73 Å². The van der Waals surface area contributed by atoms with Crippen LogP contribution in [0.5, 0.6) is 0 Å². The van der Waals surface area contributed by atoms with Crippen LogP contribution in [0.2, 0.25) is 0 Å². The molecule has 2 atom stereocenters. The topological polar surface area (TPSA) is 132 Å². The van der Waals surface area contributed by atoms with Crippen molar-refractivity contribution in [1.29, 1.82) is 0 Å². The Morgan fingerprint density at radius 3 is 1.96 bits per heavy atom. The largest absolute Gasteiger partial charge is 0.461 e. The molecule has 0 saturated carbocycles. The maximum absolute atomic E-state index is 14.8. The van der Waals surface area contributed by atoms with Crippen molar-refractivity contribution in [3.05, 3.63) is 114 Å². The lowest BCUT2D eigenvalue weighted by Gasteiger charge is -2.35. The van der Waals surface area contributed by atoms with E-state index >= 15 is 0 Å². The molecule has 0 bridgehead atoms. The Hall–Kier alpha value is -5.05. The number of esters is 1. The van der Waals surface area contributed by atoms with Gasteiger partial charge in [-0.15, -0.1) is 0 Å². The normalized spacial score (nSPS) is 12.2. The summed E-state index contributed by atoms with van der Waals surface area (Å²) in [6, 6.07) is 29.0. The molecule has 0 aliphatic rings. The van der Waals surface area contributed by atoms with Gasteiger partial charge in [0.05, 0.1) is 5.52 Å². The summed E-state index contributed by atoms with van der Waals surface area (Å²) < 4.78 is 5.50. The van der Waals surface area contributed by atoms with Gasteiger partial charge in [0.15, 0.2) is 0 Å². The monoisotopic (exact) mass is 762 g/mol. The summed E-state index contributed by atoms with van der Waals surface area (Å²) in [4.78, 5) is 60.2. The van der Waals surface area contributed by atoms with Gasteiger partial charge in [-0.1, -0.05) is 162 Å². The van der Waals surface area contributed by atoms with Crippen LogP contribution >= 0.6 is 0 Å². The Balaban J connectivity index is 1.48. The van der Waals surface area contributed by atoms with Crippen molar-refractivity contribution >= 4 is 34.6 Å². The van der Waals surface area contributed by atoms with Crippen molar-refractivity contribution < 1.29 is 23.9 Å². The van der Waals surface area contributed by atoms with E-state index in [0.29, 0.717) is 31.3 Å². The van der Waals surface area contributed by atoms with Crippen LogP contribution in [-0.4, -0.2) is 52.2 Å². The SMILES string of the molecule is CCCCCCCCCCCCC[C@@H](CC(N)=O)N(CCc1ccccc1)C(=O)[C@H](CCCC(=O)OCc1ccccc1)NC(=O)c1ccc2ccccc2n1. The quantitative estimate of drug-likeness (QED) is 0.0460. The third-order valence-electron chi connectivity index (χ3n) is 10.3. The van der Waals surface area contributed by atoms with Gasteiger partial charge >= 0.3 is 5.97 Å². The molecule has 4 aromatic rings. The lowest BCUT2D eigenvalue weighted by molar-refractivity contribution is -0.145. The average molecular weight is 763 g/mol. The second-order valence-corrected chi connectivity index (χ2v) is 14.9. The summed E-state index contributed by atoms with van der Waals surface area (Å²) in [5.74, 6) is -1.65. The number of fused-ring (bicyclic) bond motifs is 1. The summed E-state index contributed by atoms with van der Waals surface area (Å²) in [5, 5.41) is 3.86. The van der Waals surface area contributed by atoms with E-state index in [0.717, 1.165) is 35.8 Å². The number of carbonyl (C=O) groups excluding carboxylic acids is 4. The van der Waals surface area contributed by atoms with Crippen molar-refractivity contribution in [1.82, 2.24) is 15.2 Å². The third-order valence-corrected chi connectivity index (χ3v) is 10.3. The molecule has 0 radical (unpaired) electrons. The second kappa shape index (κ2) is 25.2. The van der Waals surface area contributed by atoms with Crippen LogP contribution in [0.1, 0.15) is 131 Å². The first-order valence-electron chi connectivity index (χ1n) is 20.8. The first-order valence-corrected chi connectivity index (χ1v) is 20.8. The maximum Gasteiger partial charge on any atom is 0.306 e. The molecule has 3 N–H and O–H groups in total. The number of rotatable bonds is 27. The zero-order valence-corrected chi connectivity index (χ0v) is 33.3. The number of primary amides is 1. The van der Waals surface area contributed by atoms with Crippen LogP contribution < -0.4 is 11.1 Å². The number of benzene rings is 3. The fourth-order valence-corrected chi connectivity index (χ4v) is 7.15. The molecule has 9 nitrogen and oxygen atoms in total. The highest BCUT2D eigenvalue weighted by atomic mass is 16.5. The number of aromatic nitrogens is 1. The summed E-state index contributed by atoms with van der Waals surface area (Å²) in [7, 11) is 0. The molecule has 4 rings (SSSR count). The number of hydrogen-bond donors (Lipinski definition) is 2. The van der Waals surface area contributed by atoms with E-state index in [1.54, 1.807) is 11.0 Å². The Bertz CT molecular complexity index is 1770. The van der Waals surface area contributed by atoms with Crippen molar-refractivity contribution in [2.75, 3.05) is 6.54 Å². The summed E-state index contributed by atoms with van der Waals surface area (Å²) in [6.45, 7) is 2.74. The highest BCUT2D eigenvalue weighted by Gasteiger charge is 2.32. The predicted octanol–water partition coefficient (Wildman–Crippen LogP) is 9.26. The van der Waals surface area contributed by atoms with Gasteiger partial charge in [-0.3, -0.25) is 19.2 Å². The number of amides is 3. The zero-order chi connectivity index (χ0) is 39.8. The van der Waals surface area contributed by atoms with E-state index in [9.17, 15) is 19.2 Å². The van der Waals surface area contributed by atoms with Gasteiger partial charge in [0, 0.05) is 30.8 Å². The van der Waals surface area contributed by atoms with Crippen LogP contribution in [0.4, 0.5) is 0 Å². The van der Waals surface area contributed by atoms with Crippen LogP contribution in [0.15, 0.2) is 97.1 Å². The lowest BCUT2D eigenvalue weighted by atomic mass is 9.98. The lowest BCUT2D eigenvalue weighted by Crippen LogP contribution is -2.53. The summed E-state index contributed by atoms with van der Waals surface area (Å²) >= 11 is 0. The molecule has 0 aliphatic carbocycles. The van der Waals surface area contributed by atoms with Gasteiger partial charge in [-0.25, -0.2) is 4.98 Å². The highest BCUT2D eigenvalue weighted by molar-refractivity contribution is 5.98. The van der Waals surface area contributed by atoms with E-state index in [-0.39, 0.29) is 43.4 Å². The van der Waals surface area contributed by atoms with Crippen molar-refractivity contribution in [3.63, 3.8) is 0 Å². The van der Waals surface area contributed by atoms with Gasteiger partial charge in [0.25, 0.3) is 5.91 Å². The standard InChI is InChI=1S/C47H62N4O5/c1-2-3-4-5-6-7-8-9-10-11-18-27-40(35-44(48)52)51(34-33-37-22-14-12-15-23-37)47(55)43(29-21-30-45(53)56-36-38-24-16-13-17-25-38)50-46(54)42-32-31-39-26-19-20-28-41(39)49-42/h12-17,19-20,22-26,28,31-32,40,43H,2-11,18,21,27,29-30,33-36H2,1H3,(H2,48,52)(H,50,54)/t40-,43-/m0/s1. The third kappa shape index (κ3) is 16.0. The number of nitrogens with two attached hydrogens (primary N) is 1. The van der Waals surface area contributed by atoms with E-state index in [1.807, 2.05) is 91.0 Å². The van der Waals surface area contributed by atoms with Crippen LogP contribution in [0, 0.1) is 0 Å². The van der Waals surface area contributed by atoms with Gasteiger partial charge in [-0.2, -0.15) is 0 Å². The molecule has 3 amide bonds. The first kappa shape index (κ1) is 43.7. The molecule has 9 heteroatoms. The molecular formula is C47H62N4O5. The summed E-state index contributed by atoms with van der Waals surface area (Å²) in [6.07, 6.45) is 14.9. The van der Waals surface area contributed by atoms with Crippen LogP contribution in [-0.2, 0) is 32.1 Å². The second-order valence-electron chi connectivity index (χ2n) is 14.9. The Morgan fingerprint density at radius 1 is 0.696 bits per heavy atom. The Labute approximate surface area is 333 Å². The van der Waals surface area contributed by atoms with E-state index < -0.39 is 23.9 Å². The molecule has 1 heterocycles. The minimum Gasteiger partial charge on any atom is -0.461 e. The number of ether oxygens (including phenoxy) is 1. The molecule has 3 aromatic carbocycles. The van der Waals surface area contributed by atoms with Gasteiger partial charge < -0.3 is 20.7 Å². The summed E-state index contributed by atoms with van der Waals surface area (Å²) in [5.41, 5.74) is 8.62. The predicted molar refractivity (Wildman–Crippen MR) is 224 cm³/mol. The minimum atomic E-state index is -0.971. The molecule has 56 heavy (non-hydrogen) atoms. The van der Waals surface area contributed by atoms with E-state index in [4.69, 9.17) is 10.5 Å². The van der Waals surface area contributed by atoms with Crippen molar-refractivity contribution in [2.45, 2.75) is 135 Å². The molecule has 0 fully saturated rings. The smallest absolute Gasteiger partial charge is 0.306 e. The molecule has 0 unspecified atom stereocenters. The first-order chi connectivity index (χ1) is 27.3. The number of pyridine rings is 1. The average Bonchev–Trinajstić information content (AvgIpc) is 3.21. The number of hydrogen-bond acceptors (Lipinski definition) is 6. The molecule has 0 saturated heterocycles. The number of nitrogens with one attached hydrogen (secondary N) is 1. The minimum absolute atomic E-state index is 0.0248. The van der Waals surface area contributed by atoms with E-state index in [2.05, 4.69) is 17.2 Å². The van der Waals surface area contributed by atoms with E-state index in [1.165, 1.54) is 51.4 Å². The number of carbonyl (C=O) groups is 4. The zero-order valence-electron chi connectivity index (χ0n) is 33.3. The van der Waals surface area contributed by atoms with Gasteiger partial charge in [0.1, 0.15) is 18.3 Å². The number of para-hydroxylation sites is 1. The molecular weight excluding hydrogens is 701 g/mol. The molecule has 300 valence electrons. The van der Waals surface area contributed by atoms with Crippen molar-refractivity contribution in [3.8, 4) is 0 Å². The van der Waals surface area contributed by atoms with Gasteiger partial charge in [-0.05, 0) is 48.9 Å². The molecule has 0 spiro atoms. The Kier molecular flexibility index (Phi) is 19.6. The highest BCUT2D eigenvalue weighted by Crippen LogP contribution is 2.21. The fourth-order valence-electron chi connectivity index (χ4n) is 7.15. The number of unbranched alkanes of at least 4 members (excludes halogenated alkanes) is 10. The fraction of sp³-hybridized carbons (Fsp3) is 0.468.